The normalized spacial score (nSPS) is 22.6. The predicted octanol–water partition coefficient (Wildman–Crippen LogP) is 1.45. The van der Waals surface area contributed by atoms with Crippen LogP contribution in [0.1, 0.15) is 13.3 Å². The summed E-state index contributed by atoms with van der Waals surface area (Å²) in [6, 6.07) is 1.75. The van der Waals surface area contributed by atoms with Gasteiger partial charge in [-0.15, -0.1) is 0 Å². The molecule has 1 aromatic rings. The largest absolute Gasteiger partial charge is 0.301 e. The minimum atomic E-state index is -3.55. The molecule has 106 valence electrons. The number of aromatic nitrogens is 1. The van der Waals surface area contributed by atoms with Crippen LogP contribution >= 0.6 is 11.6 Å². The molecular formula is C12H18ClN3O2S. The van der Waals surface area contributed by atoms with Crippen LogP contribution in [0.4, 0.5) is 0 Å². The van der Waals surface area contributed by atoms with Crippen molar-refractivity contribution in [2.24, 2.45) is 0 Å². The Hall–Kier alpha value is -0.690. The molecule has 1 unspecified atom stereocenters. The van der Waals surface area contributed by atoms with Crippen LogP contribution in [0.3, 0.4) is 0 Å². The molecule has 1 fully saturated rings. The molecule has 19 heavy (non-hydrogen) atoms. The lowest BCUT2D eigenvalue weighted by molar-refractivity contribution is 0.144. The average Bonchev–Trinajstić information content (AvgIpc) is 2.39. The maximum Gasteiger partial charge on any atom is 0.246 e. The summed E-state index contributed by atoms with van der Waals surface area (Å²) >= 11 is 5.97. The highest BCUT2D eigenvalue weighted by molar-refractivity contribution is 7.89. The zero-order chi connectivity index (χ0) is 14.0. The van der Waals surface area contributed by atoms with Crippen LogP contribution in [-0.4, -0.2) is 55.3 Å². The minimum Gasteiger partial charge on any atom is -0.301 e. The summed E-state index contributed by atoms with van der Waals surface area (Å²) in [7, 11) is -1.52. The van der Waals surface area contributed by atoms with E-state index in [1.165, 1.54) is 22.8 Å². The van der Waals surface area contributed by atoms with Gasteiger partial charge in [-0.05, 0) is 19.5 Å². The number of hydrogen-bond donors (Lipinski definition) is 0. The monoisotopic (exact) mass is 303 g/mol. The summed E-state index contributed by atoms with van der Waals surface area (Å²) in [6.45, 7) is 3.78. The number of rotatable bonds is 3. The van der Waals surface area contributed by atoms with Gasteiger partial charge in [0, 0.05) is 38.1 Å². The van der Waals surface area contributed by atoms with Crippen molar-refractivity contribution in [3.63, 3.8) is 0 Å². The van der Waals surface area contributed by atoms with E-state index in [0.717, 1.165) is 13.0 Å². The number of piperazine rings is 1. The highest BCUT2D eigenvalue weighted by Crippen LogP contribution is 2.25. The summed E-state index contributed by atoms with van der Waals surface area (Å²) in [5.41, 5.74) is 0. The molecule has 0 aromatic carbocycles. The SMILES string of the molecule is CCC1CN(S(=O)(=O)c2cnccc2Cl)CCN1C. The fourth-order valence-corrected chi connectivity index (χ4v) is 4.14. The van der Waals surface area contributed by atoms with E-state index in [-0.39, 0.29) is 16.0 Å². The first-order valence-electron chi connectivity index (χ1n) is 6.26. The van der Waals surface area contributed by atoms with Crippen molar-refractivity contribution < 1.29 is 8.42 Å². The van der Waals surface area contributed by atoms with Crippen molar-refractivity contribution in [1.82, 2.24) is 14.2 Å². The molecule has 1 aromatic heterocycles. The van der Waals surface area contributed by atoms with Crippen LogP contribution in [-0.2, 0) is 10.0 Å². The number of likely N-dealkylation sites (N-methyl/N-ethyl adjacent to an activating group) is 1. The highest BCUT2D eigenvalue weighted by atomic mass is 35.5. The molecule has 1 atom stereocenters. The third kappa shape index (κ3) is 2.91. The quantitative estimate of drug-likeness (QED) is 0.848. The van der Waals surface area contributed by atoms with Gasteiger partial charge in [0.25, 0.3) is 0 Å². The van der Waals surface area contributed by atoms with Gasteiger partial charge >= 0.3 is 0 Å². The molecule has 1 aliphatic rings. The first-order chi connectivity index (χ1) is 8.96. The summed E-state index contributed by atoms with van der Waals surface area (Å²) in [6.07, 6.45) is 3.72. The zero-order valence-electron chi connectivity index (χ0n) is 11.1. The molecule has 1 aliphatic heterocycles. The van der Waals surface area contributed by atoms with Crippen molar-refractivity contribution in [1.29, 1.82) is 0 Å². The Morgan fingerprint density at radius 3 is 2.84 bits per heavy atom. The maximum atomic E-state index is 12.6. The Morgan fingerprint density at radius 2 is 2.21 bits per heavy atom. The molecule has 0 radical (unpaired) electrons. The lowest BCUT2D eigenvalue weighted by Crippen LogP contribution is -2.52. The molecule has 5 nitrogen and oxygen atoms in total. The van der Waals surface area contributed by atoms with E-state index in [2.05, 4.69) is 16.8 Å². The highest BCUT2D eigenvalue weighted by Gasteiger charge is 2.33. The molecule has 0 saturated carbocycles. The van der Waals surface area contributed by atoms with Crippen LogP contribution < -0.4 is 0 Å². The van der Waals surface area contributed by atoms with Gasteiger partial charge in [-0.3, -0.25) is 4.98 Å². The van der Waals surface area contributed by atoms with E-state index < -0.39 is 10.0 Å². The molecule has 7 heteroatoms. The van der Waals surface area contributed by atoms with Gasteiger partial charge in [0.05, 0.1) is 5.02 Å². The van der Waals surface area contributed by atoms with Gasteiger partial charge in [-0.25, -0.2) is 8.42 Å². The Balaban J connectivity index is 2.28. The van der Waals surface area contributed by atoms with Gasteiger partial charge < -0.3 is 4.90 Å². The van der Waals surface area contributed by atoms with Crippen LogP contribution in [0.2, 0.25) is 5.02 Å². The third-order valence-corrected chi connectivity index (χ3v) is 5.90. The van der Waals surface area contributed by atoms with Gasteiger partial charge in [0.15, 0.2) is 0 Å². The van der Waals surface area contributed by atoms with E-state index >= 15 is 0 Å². The smallest absolute Gasteiger partial charge is 0.246 e. The Kier molecular flexibility index (Phi) is 4.45. The van der Waals surface area contributed by atoms with E-state index in [0.29, 0.717) is 13.1 Å². The first-order valence-corrected chi connectivity index (χ1v) is 8.08. The number of halogens is 1. The van der Waals surface area contributed by atoms with Crippen LogP contribution in [0.5, 0.6) is 0 Å². The fraction of sp³-hybridized carbons (Fsp3) is 0.583. The molecule has 0 amide bonds. The van der Waals surface area contributed by atoms with Crippen LogP contribution in [0.15, 0.2) is 23.4 Å². The van der Waals surface area contributed by atoms with Crippen molar-refractivity contribution in [3.8, 4) is 0 Å². The molecule has 1 saturated heterocycles. The first kappa shape index (κ1) is 14.7. The van der Waals surface area contributed by atoms with Gasteiger partial charge in [-0.2, -0.15) is 4.31 Å². The fourth-order valence-electron chi connectivity index (χ4n) is 2.27. The molecule has 0 spiro atoms. The Morgan fingerprint density at radius 1 is 1.47 bits per heavy atom. The maximum absolute atomic E-state index is 12.6. The van der Waals surface area contributed by atoms with E-state index in [1.807, 2.05) is 7.05 Å². The molecule has 2 rings (SSSR count). The lowest BCUT2D eigenvalue weighted by atomic mass is 10.1. The van der Waals surface area contributed by atoms with Crippen LogP contribution in [0, 0.1) is 0 Å². The number of pyridine rings is 1. The number of sulfonamides is 1. The van der Waals surface area contributed by atoms with E-state index in [4.69, 9.17) is 11.6 Å². The van der Waals surface area contributed by atoms with Crippen molar-refractivity contribution >= 4 is 21.6 Å². The van der Waals surface area contributed by atoms with Gasteiger partial charge in [-0.1, -0.05) is 18.5 Å². The molecule has 0 N–H and O–H groups in total. The molecule has 0 bridgehead atoms. The molecule has 0 aliphatic carbocycles. The van der Waals surface area contributed by atoms with Gasteiger partial charge in [0.1, 0.15) is 4.90 Å². The topological polar surface area (TPSA) is 53.5 Å². The van der Waals surface area contributed by atoms with Crippen molar-refractivity contribution in [3.05, 3.63) is 23.5 Å². The second kappa shape index (κ2) is 5.75. The van der Waals surface area contributed by atoms with E-state index in [1.54, 1.807) is 0 Å². The van der Waals surface area contributed by atoms with Gasteiger partial charge in [0.2, 0.25) is 10.0 Å². The van der Waals surface area contributed by atoms with Crippen molar-refractivity contribution in [2.45, 2.75) is 24.3 Å². The zero-order valence-corrected chi connectivity index (χ0v) is 12.7. The number of nitrogens with zero attached hydrogens (tertiary/aromatic N) is 3. The molecule has 2 heterocycles. The summed E-state index contributed by atoms with van der Waals surface area (Å²) in [4.78, 5) is 6.14. The summed E-state index contributed by atoms with van der Waals surface area (Å²) < 4.78 is 26.6. The number of hydrogen-bond acceptors (Lipinski definition) is 4. The second-order valence-corrected chi connectivity index (χ2v) is 7.03. The second-order valence-electron chi connectivity index (χ2n) is 4.71. The summed E-state index contributed by atoms with van der Waals surface area (Å²) in [5, 5.41) is 0.224. The standard InChI is InChI=1S/C12H18ClN3O2S/c1-3-10-9-16(7-6-15(10)2)19(17,18)12-8-14-5-4-11(12)13/h4-5,8,10H,3,6-7,9H2,1-2H3. The Bertz CT molecular complexity index is 550. The molecular weight excluding hydrogens is 286 g/mol. The average molecular weight is 304 g/mol. The summed E-state index contributed by atoms with van der Waals surface area (Å²) in [5.74, 6) is 0. The third-order valence-electron chi connectivity index (χ3n) is 3.56. The Labute approximate surface area is 119 Å². The predicted molar refractivity (Wildman–Crippen MR) is 74.7 cm³/mol. The minimum absolute atomic E-state index is 0.0936. The van der Waals surface area contributed by atoms with Crippen molar-refractivity contribution in [2.75, 3.05) is 26.7 Å². The van der Waals surface area contributed by atoms with Crippen LogP contribution in [0.25, 0.3) is 0 Å². The lowest BCUT2D eigenvalue weighted by Gasteiger charge is -2.38. The van der Waals surface area contributed by atoms with E-state index in [9.17, 15) is 8.42 Å².